The van der Waals surface area contributed by atoms with Crippen LogP contribution < -0.4 is 0 Å². The van der Waals surface area contributed by atoms with Crippen LogP contribution in [0.2, 0.25) is 0 Å². The van der Waals surface area contributed by atoms with E-state index in [1.165, 1.54) is 18.0 Å². The van der Waals surface area contributed by atoms with Gasteiger partial charge in [-0.3, -0.25) is 14.6 Å². The molecule has 0 atom stereocenters. The minimum atomic E-state index is -0.356. The molecule has 0 radical (unpaired) electrons. The zero-order valence-electron chi connectivity index (χ0n) is 9.90. The standard InChI is InChI=1S/C13H12ClNO2S/c1-2-3-7-18-13-9(14)12(17)10-8(11(13)16)5-4-6-15-10/h4-6H,2-3,7H2,1H3. The van der Waals surface area contributed by atoms with E-state index in [1.54, 1.807) is 12.1 Å². The quantitative estimate of drug-likeness (QED) is 0.793. The van der Waals surface area contributed by atoms with Crippen LogP contribution in [0.5, 0.6) is 0 Å². The van der Waals surface area contributed by atoms with Crippen LogP contribution in [0, 0.1) is 0 Å². The number of fused-ring (bicyclic) bond motifs is 1. The number of ketones is 2. The molecule has 5 heteroatoms. The van der Waals surface area contributed by atoms with Crippen molar-refractivity contribution in [2.24, 2.45) is 0 Å². The average Bonchev–Trinajstić information content (AvgIpc) is 2.40. The summed E-state index contributed by atoms with van der Waals surface area (Å²) in [5, 5.41) is 0.00676. The Morgan fingerprint density at radius 1 is 1.33 bits per heavy atom. The SMILES string of the molecule is CCCCSC1=C(Cl)C(=O)c2ncccc2C1=O. The molecule has 0 unspecified atom stereocenters. The fraction of sp³-hybridized carbons (Fsp3) is 0.308. The lowest BCUT2D eigenvalue weighted by atomic mass is 10.00. The third-order valence-electron chi connectivity index (χ3n) is 2.62. The normalized spacial score (nSPS) is 15.0. The minimum absolute atomic E-state index is 0.00676. The van der Waals surface area contributed by atoms with Crippen LogP contribution in [-0.2, 0) is 0 Å². The maximum Gasteiger partial charge on any atom is 0.224 e. The molecular weight excluding hydrogens is 270 g/mol. The van der Waals surface area contributed by atoms with E-state index in [2.05, 4.69) is 11.9 Å². The van der Waals surface area contributed by atoms with Gasteiger partial charge in [0.25, 0.3) is 0 Å². The molecule has 1 aliphatic rings. The van der Waals surface area contributed by atoms with E-state index in [0.29, 0.717) is 10.5 Å². The summed E-state index contributed by atoms with van der Waals surface area (Å²) >= 11 is 7.34. The Balaban J connectivity index is 2.34. The van der Waals surface area contributed by atoms with Gasteiger partial charge in [-0.05, 0) is 24.3 Å². The topological polar surface area (TPSA) is 47.0 Å². The molecule has 0 bridgehead atoms. The van der Waals surface area contributed by atoms with Gasteiger partial charge >= 0.3 is 0 Å². The van der Waals surface area contributed by atoms with Crippen molar-refractivity contribution < 1.29 is 9.59 Å². The summed E-state index contributed by atoms with van der Waals surface area (Å²) in [7, 11) is 0. The maximum absolute atomic E-state index is 12.2. The van der Waals surface area contributed by atoms with Crippen molar-refractivity contribution in [3.63, 3.8) is 0 Å². The van der Waals surface area contributed by atoms with Crippen LogP contribution in [0.4, 0.5) is 0 Å². The second kappa shape index (κ2) is 5.67. The van der Waals surface area contributed by atoms with Crippen molar-refractivity contribution in [3.8, 4) is 0 Å². The van der Waals surface area contributed by atoms with Crippen molar-refractivity contribution in [1.82, 2.24) is 4.98 Å². The first-order valence-electron chi connectivity index (χ1n) is 5.73. The van der Waals surface area contributed by atoms with Crippen molar-refractivity contribution in [3.05, 3.63) is 39.5 Å². The summed E-state index contributed by atoms with van der Waals surface area (Å²) in [5.74, 6) is 0.242. The fourth-order valence-electron chi connectivity index (χ4n) is 1.65. The number of hydrogen-bond acceptors (Lipinski definition) is 4. The molecule has 0 N–H and O–H groups in total. The molecule has 1 aromatic rings. The van der Waals surface area contributed by atoms with E-state index in [0.717, 1.165) is 18.6 Å². The highest BCUT2D eigenvalue weighted by Gasteiger charge is 2.32. The summed E-state index contributed by atoms with van der Waals surface area (Å²) in [6.45, 7) is 2.07. The van der Waals surface area contributed by atoms with Crippen LogP contribution in [0.3, 0.4) is 0 Å². The first-order valence-corrected chi connectivity index (χ1v) is 7.10. The molecule has 0 amide bonds. The number of thioether (sulfide) groups is 1. The highest BCUT2D eigenvalue weighted by Crippen LogP contribution is 2.34. The number of unbranched alkanes of at least 4 members (excludes halogenated alkanes) is 1. The third kappa shape index (κ3) is 2.35. The monoisotopic (exact) mass is 281 g/mol. The predicted octanol–water partition coefficient (Wildman–Crippen LogP) is 3.44. The molecule has 18 heavy (non-hydrogen) atoms. The fourth-order valence-corrected chi connectivity index (χ4v) is 3.08. The Morgan fingerprint density at radius 3 is 2.83 bits per heavy atom. The summed E-state index contributed by atoms with van der Waals surface area (Å²) in [4.78, 5) is 28.5. The lowest BCUT2D eigenvalue weighted by Gasteiger charge is -2.15. The van der Waals surface area contributed by atoms with Gasteiger partial charge in [0.2, 0.25) is 11.6 Å². The number of carbonyl (C=O) groups is 2. The largest absolute Gasteiger partial charge is 0.288 e. The number of Topliss-reactive ketones (excluding diaryl/α,β-unsaturated/α-hetero) is 2. The highest BCUT2D eigenvalue weighted by molar-refractivity contribution is 8.04. The number of hydrogen-bond donors (Lipinski definition) is 0. The molecule has 0 aromatic carbocycles. The lowest BCUT2D eigenvalue weighted by Crippen LogP contribution is -2.20. The van der Waals surface area contributed by atoms with Gasteiger partial charge in [-0.1, -0.05) is 24.9 Å². The highest BCUT2D eigenvalue weighted by atomic mass is 35.5. The predicted molar refractivity (Wildman–Crippen MR) is 73.1 cm³/mol. The number of aromatic nitrogens is 1. The molecule has 0 aliphatic heterocycles. The number of carbonyl (C=O) groups excluding carboxylic acids is 2. The molecule has 1 aliphatic carbocycles. The van der Waals surface area contributed by atoms with Crippen LogP contribution in [-0.4, -0.2) is 22.3 Å². The van der Waals surface area contributed by atoms with Gasteiger partial charge in [-0.2, -0.15) is 0 Å². The maximum atomic E-state index is 12.2. The zero-order chi connectivity index (χ0) is 13.1. The van der Waals surface area contributed by atoms with E-state index in [9.17, 15) is 9.59 Å². The second-order valence-corrected chi connectivity index (χ2v) is 5.39. The Morgan fingerprint density at radius 2 is 2.11 bits per heavy atom. The van der Waals surface area contributed by atoms with E-state index < -0.39 is 0 Å². The Bertz CT molecular complexity index is 540. The Kier molecular flexibility index (Phi) is 4.19. The summed E-state index contributed by atoms with van der Waals surface area (Å²) in [6.07, 6.45) is 3.52. The minimum Gasteiger partial charge on any atom is -0.288 e. The molecule has 0 saturated heterocycles. The van der Waals surface area contributed by atoms with Gasteiger partial charge < -0.3 is 0 Å². The first kappa shape index (κ1) is 13.3. The van der Waals surface area contributed by atoms with E-state index >= 15 is 0 Å². The average molecular weight is 282 g/mol. The van der Waals surface area contributed by atoms with Gasteiger partial charge in [0.1, 0.15) is 10.7 Å². The molecule has 94 valence electrons. The lowest BCUT2D eigenvalue weighted by molar-refractivity contribution is 0.0984. The molecule has 2 rings (SSSR count). The van der Waals surface area contributed by atoms with Crippen LogP contribution in [0.1, 0.15) is 40.6 Å². The van der Waals surface area contributed by atoms with Crippen molar-refractivity contribution in [1.29, 1.82) is 0 Å². The smallest absolute Gasteiger partial charge is 0.224 e. The summed E-state index contributed by atoms with van der Waals surface area (Å²) in [6, 6.07) is 3.27. The third-order valence-corrected chi connectivity index (χ3v) is 4.26. The summed E-state index contributed by atoms with van der Waals surface area (Å²) < 4.78 is 0. The Labute approximate surface area is 115 Å². The first-order chi connectivity index (χ1) is 8.66. The van der Waals surface area contributed by atoms with Crippen LogP contribution >= 0.6 is 23.4 Å². The number of pyridine rings is 1. The molecular formula is C13H12ClNO2S. The molecule has 0 fully saturated rings. The molecule has 0 saturated carbocycles. The number of allylic oxidation sites excluding steroid dienone is 2. The van der Waals surface area contributed by atoms with Crippen LogP contribution in [0.15, 0.2) is 28.3 Å². The van der Waals surface area contributed by atoms with Crippen molar-refractivity contribution in [2.45, 2.75) is 19.8 Å². The van der Waals surface area contributed by atoms with Crippen molar-refractivity contribution >= 4 is 34.9 Å². The molecule has 1 heterocycles. The summed E-state index contributed by atoms with van der Waals surface area (Å²) in [5.41, 5.74) is 0.512. The van der Waals surface area contributed by atoms with Crippen LogP contribution in [0.25, 0.3) is 0 Å². The second-order valence-electron chi connectivity index (χ2n) is 3.90. The van der Waals surface area contributed by atoms with E-state index in [4.69, 9.17) is 11.6 Å². The zero-order valence-corrected chi connectivity index (χ0v) is 11.5. The van der Waals surface area contributed by atoms with Gasteiger partial charge in [0.05, 0.1) is 10.5 Å². The van der Waals surface area contributed by atoms with Gasteiger partial charge in [0, 0.05) is 6.20 Å². The Hall–Kier alpha value is -1.13. The van der Waals surface area contributed by atoms with Gasteiger partial charge in [0.15, 0.2) is 0 Å². The molecule has 1 aromatic heterocycles. The number of halogens is 1. The molecule has 3 nitrogen and oxygen atoms in total. The van der Waals surface area contributed by atoms with Gasteiger partial charge in [-0.25, -0.2) is 0 Å². The van der Waals surface area contributed by atoms with Gasteiger partial charge in [-0.15, -0.1) is 11.8 Å². The van der Waals surface area contributed by atoms with Crippen molar-refractivity contribution in [2.75, 3.05) is 5.75 Å². The number of nitrogens with zero attached hydrogens (tertiary/aromatic N) is 1. The number of rotatable bonds is 4. The van der Waals surface area contributed by atoms with E-state index in [-0.39, 0.29) is 22.3 Å². The van der Waals surface area contributed by atoms with E-state index in [1.807, 2.05) is 0 Å². The molecule has 0 spiro atoms.